The van der Waals surface area contributed by atoms with Gasteiger partial charge in [-0.05, 0) is 6.42 Å². The van der Waals surface area contributed by atoms with E-state index in [-0.39, 0.29) is 5.92 Å². The Morgan fingerprint density at radius 1 is 1.29 bits per heavy atom. The van der Waals surface area contributed by atoms with Crippen molar-refractivity contribution in [3.05, 3.63) is 0 Å². The highest BCUT2D eigenvalue weighted by atomic mass is 16.4. The van der Waals surface area contributed by atoms with E-state index in [1.165, 1.54) is 0 Å². The SMILES string of the molecule is CC[C@@H](C)[C@@H]([NH3+])C(=O)N[C@@H](CC(=O)[O-])C(=O)[O-]. The second kappa shape index (κ2) is 6.85. The molecule has 0 aromatic carbocycles. The van der Waals surface area contributed by atoms with E-state index in [1.54, 1.807) is 6.92 Å². The summed E-state index contributed by atoms with van der Waals surface area (Å²) in [7, 11) is 0. The molecular formula is C10H17N2O5-. The molecule has 0 aliphatic rings. The number of quaternary nitrogens is 1. The molecule has 7 nitrogen and oxygen atoms in total. The van der Waals surface area contributed by atoms with Gasteiger partial charge in [0, 0.05) is 18.3 Å². The van der Waals surface area contributed by atoms with E-state index < -0.39 is 36.4 Å². The number of carbonyl (C=O) groups is 3. The fourth-order valence-corrected chi connectivity index (χ4v) is 1.18. The highest BCUT2D eigenvalue weighted by Gasteiger charge is 2.25. The highest BCUT2D eigenvalue weighted by molar-refractivity contribution is 5.87. The first-order valence-corrected chi connectivity index (χ1v) is 5.33. The number of amides is 1. The van der Waals surface area contributed by atoms with Crippen molar-refractivity contribution >= 4 is 17.8 Å². The molecule has 0 saturated heterocycles. The summed E-state index contributed by atoms with van der Waals surface area (Å²) in [6, 6.07) is -2.22. The van der Waals surface area contributed by atoms with Crippen LogP contribution in [0.2, 0.25) is 0 Å². The van der Waals surface area contributed by atoms with Crippen LogP contribution in [0.25, 0.3) is 0 Å². The van der Waals surface area contributed by atoms with Gasteiger partial charge in [-0.3, -0.25) is 4.79 Å². The Labute approximate surface area is 99.0 Å². The molecule has 0 heterocycles. The van der Waals surface area contributed by atoms with Crippen molar-refractivity contribution in [3.8, 4) is 0 Å². The van der Waals surface area contributed by atoms with Gasteiger partial charge in [-0.15, -0.1) is 0 Å². The van der Waals surface area contributed by atoms with Crippen molar-refractivity contribution in [1.29, 1.82) is 0 Å². The first-order chi connectivity index (χ1) is 7.79. The van der Waals surface area contributed by atoms with Gasteiger partial charge in [0.15, 0.2) is 6.04 Å². The molecule has 3 atom stereocenters. The predicted molar refractivity (Wildman–Crippen MR) is 52.7 cm³/mol. The Bertz CT molecular complexity index is 305. The van der Waals surface area contributed by atoms with Crippen LogP contribution in [-0.4, -0.2) is 29.9 Å². The summed E-state index contributed by atoms with van der Waals surface area (Å²) in [6.07, 6.45) is -0.112. The summed E-state index contributed by atoms with van der Waals surface area (Å²) in [5.41, 5.74) is 3.61. The molecule has 0 bridgehead atoms. The summed E-state index contributed by atoms with van der Waals surface area (Å²) in [6.45, 7) is 3.66. The fraction of sp³-hybridized carbons (Fsp3) is 0.700. The lowest BCUT2D eigenvalue weighted by Gasteiger charge is -2.22. The van der Waals surface area contributed by atoms with Crippen LogP contribution in [0.1, 0.15) is 26.7 Å². The molecule has 0 rings (SSSR count). The zero-order chi connectivity index (χ0) is 13.6. The van der Waals surface area contributed by atoms with Crippen molar-refractivity contribution in [2.24, 2.45) is 5.92 Å². The second-order valence-electron chi connectivity index (χ2n) is 3.95. The number of carboxylic acids is 2. The Hall–Kier alpha value is -1.63. The summed E-state index contributed by atoms with van der Waals surface area (Å²) in [5.74, 6) is -3.85. The van der Waals surface area contributed by atoms with Gasteiger partial charge in [0.2, 0.25) is 0 Å². The molecule has 0 spiro atoms. The van der Waals surface area contributed by atoms with Crippen LogP contribution in [0.5, 0.6) is 0 Å². The number of carboxylic acid groups (broad SMARTS) is 2. The predicted octanol–water partition coefficient (Wildman–Crippen LogP) is -3.98. The summed E-state index contributed by atoms with van der Waals surface area (Å²) in [4.78, 5) is 32.4. The van der Waals surface area contributed by atoms with Crippen LogP contribution in [-0.2, 0) is 14.4 Å². The van der Waals surface area contributed by atoms with E-state index >= 15 is 0 Å². The number of carbonyl (C=O) groups excluding carboxylic acids is 3. The largest absolute Gasteiger partial charge is 0.550 e. The summed E-state index contributed by atoms with van der Waals surface area (Å²) >= 11 is 0. The third-order valence-corrected chi connectivity index (χ3v) is 2.64. The lowest BCUT2D eigenvalue weighted by atomic mass is 9.99. The highest BCUT2D eigenvalue weighted by Crippen LogP contribution is 2.04. The molecule has 0 aliphatic heterocycles. The minimum atomic E-state index is -1.65. The first-order valence-electron chi connectivity index (χ1n) is 5.33. The zero-order valence-corrected chi connectivity index (χ0v) is 9.89. The molecule has 0 saturated carbocycles. The number of hydrogen-bond donors (Lipinski definition) is 2. The molecule has 0 aromatic heterocycles. The Balaban J connectivity index is 4.50. The smallest absolute Gasteiger partial charge is 0.278 e. The Morgan fingerprint density at radius 2 is 1.82 bits per heavy atom. The molecular weight excluding hydrogens is 228 g/mol. The molecule has 0 fully saturated rings. The number of rotatable bonds is 7. The van der Waals surface area contributed by atoms with Gasteiger partial charge < -0.3 is 30.9 Å². The van der Waals surface area contributed by atoms with E-state index in [9.17, 15) is 24.6 Å². The second-order valence-corrected chi connectivity index (χ2v) is 3.95. The molecule has 17 heavy (non-hydrogen) atoms. The van der Waals surface area contributed by atoms with Crippen LogP contribution >= 0.6 is 0 Å². The van der Waals surface area contributed by atoms with Crippen LogP contribution in [0.4, 0.5) is 0 Å². The van der Waals surface area contributed by atoms with Gasteiger partial charge in [0.05, 0.1) is 12.0 Å². The fourth-order valence-electron chi connectivity index (χ4n) is 1.18. The maximum absolute atomic E-state index is 11.6. The van der Waals surface area contributed by atoms with Gasteiger partial charge in [-0.1, -0.05) is 13.8 Å². The molecule has 0 radical (unpaired) electrons. The Morgan fingerprint density at radius 3 is 2.18 bits per heavy atom. The van der Waals surface area contributed by atoms with Gasteiger partial charge >= 0.3 is 0 Å². The van der Waals surface area contributed by atoms with E-state index in [0.717, 1.165) is 0 Å². The van der Waals surface area contributed by atoms with Crippen molar-refractivity contribution < 1.29 is 30.3 Å². The molecule has 7 heteroatoms. The third kappa shape index (κ3) is 5.30. The third-order valence-electron chi connectivity index (χ3n) is 2.64. The van der Waals surface area contributed by atoms with Crippen LogP contribution < -0.4 is 21.3 Å². The van der Waals surface area contributed by atoms with E-state index in [2.05, 4.69) is 11.1 Å². The standard InChI is InChI=1S/C10H18N2O5/c1-3-5(2)8(11)9(15)12-6(10(16)17)4-7(13)14/h5-6,8H,3-4,11H2,1-2H3,(H,12,15)(H,13,14)(H,16,17)/p-1/t5-,6+,8-/m1/s1. The van der Waals surface area contributed by atoms with E-state index in [0.29, 0.717) is 6.42 Å². The lowest BCUT2D eigenvalue weighted by molar-refractivity contribution is -0.415. The quantitative estimate of drug-likeness (QED) is 0.471. The van der Waals surface area contributed by atoms with E-state index in [4.69, 9.17) is 0 Å². The van der Waals surface area contributed by atoms with Crippen molar-refractivity contribution in [2.75, 3.05) is 0 Å². The van der Waals surface area contributed by atoms with Gasteiger partial charge in [0.25, 0.3) is 5.91 Å². The van der Waals surface area contributed by atoms with Crippen LogP contribution in [0.15, 0.2) is 0 Å². The Kier molecular flexibility index (Phi) is 6.19. The summed E-state index contributed by atoms with van der Waals surface area (Å²) < 4.78 is 0. The van der Waals surface area contributed by atoms with Crippen molar-refractivity contribution in [2.45, 2.75) is 38.8 Å². The minimum Gasteiger partial charge on any atom is -0.550 e. The topological polar surface area (TPSA) is 137 Å². The summed E-state index contributed by atoms with van der Waals surface area (Å²) in [5, 5.41) is 23.0. The van der Waals surface area contributed by atoms with Gasteiger partial charge in [0.1, 0.15) is 0 Å². The van der Waals surface area contributed by atoms with Crippen molar-refractivity contribution in [1.82, 2.24) is 5.32 Å². The number of nitrogens with one attached hydrogen (secondary N) is 1. The molecule has 1 amide bonds. The molecule has 0 unspecified atom stereocenters. The minimum absolute atomic E-state index is 0.0274. The average Bonchev–Trinajstić information content (AvgIpc) is 2.25. The maximum atomic E-state index is 11.6. The monoisotopic (exact) mass is 245 g/mol. The van der Waals surface area contributed by atoms with Gasteiger partial charge in [-0.2, -0.15) is 0 Å². The average molecular weight is 245 g/mol. The van der Waals surface area contributed by atoms with E-state index in [1.807, 2.05) is 6.92 Å². The number of aliphatic carboxylic acids is 2. The normalized spacial score (nSPS) is 15.7. The zero-order valence-electron chi connectivity index (χ0n) is 9.89. The molecule has 0 aliphatic carbocycles. The molecule has 98 valence electrons. The number of hydrogen-bond acceptors (Lipinski definition) is 5. The molecule has 0 aromatic rings. The maximum Gasteiger partial charge on any atom is 0.278 e. The van der Waals surface area contributed by atoms with Crippen LogP contribution in [0.3, 0.4) is 0 Å². The first kappa shape index (κ1) is 15.4. The lowest BCUT2D eigenvalue weighted by Crippen LogP contribution is -2.71. The molecule has 4 N–H and O–H groups in total. The van der Waals surface area contributed by atoms with Crippen LogP contribution in [0, 0.1) is 5.92 Å². The van der Waals surface area contributed by atoms with Crippen molar-refractivity contribution in [3.63, 3.8) is 0 Å². The van der Waals surface area contributed by atoms with Gasteiger partial charge in [-0.25, -0.2) is 0 Å².